The Bertz CT molecular complexity index is 1150. The Hall–Kier alpha value is -3.92. The molecule has 2 aromatic carbocycles. The summed E-state index contributed by atoms with van der Waals surface area (Å²) in [6.07, 6.45) is 0.875. The van der Waals surface area contributed by atoms with Gasteiger partial charge < -0.3 is 10.6 Å². The Labute approximate surface area is 167 Å². The first-order valence-corrected chi connectivity index (χ1v) is 9.36. The number of rotatable bonds is 4. The van der Waals surface area contributed by atoms with Gasteiger partial charge in [0.15, 0.2) is 0 Å². The van der Waals surface area contributed by atoms with Crippen LogP contribution in [-0.4, -0.2) is 15.9 Å². The van der Waals surface area contributed by atoms with Crippen molar-refractivity contribution in [2.75, 3.05) is 10.6 Å². The number of H-pyrrole nitrogens is 1. The molecule has 1 amide bonds. The zero-order valence-corrected chi connectivity index (χ0v) is 15.8. The molecule has 29 heavy (non-hydrogen) atoms. The predicted octanol–water partition coefficient (Wildman–Crippen LogP) is 3.30. The third-order valence-electron chi connectivity index (χ3n) is 5.05. The fourth-order valence-corrected chi connectivity index (χ4v) is 3.55. The van der Waals surface area contributed by atoms with Gasteiger partial charge in [-0.3, -0.25) is 14.6 Å². The maximum absolute atomic E-state index is 13.0. The average Bonchev–Trinajstić information content (AvgIpc) is 2.73. The number of para-hydroxylation sites is 1. The van der Waals surface area contributed by atoms with Crippen molar-refractivity contribution in [2.45, 2.75) is 19.3 Å². The number of nitrogens with one attached hydrogen (secondary N) is 3. The van der Waals surface area contributed by atoms with Gasteiger partial charge in [0.2, 0.25) is 11.9 Å². The highest BCUT2D eigenvalue weighted by Crippen LogP contribution is 2.38. The third-order valence-corrected chi connectivity index (χ3v) is 5.05. The standard InChI is InChI=1S/C22H19N5O2/c1-2-13-8-10-14(11-9-13)17-16(12-23)20(28)25-19-18(17)21(29)27-22(26-19)24-15-6-4-3-5-7-15/h3-11,16-17H,2H2,1H3,(H3,24,25,26,27,28,29)/t16-,17-/m0/s1. The van der Waals surface area contributed by atoms with E-state index in [-0.39, 0.29) is 11.8 Å². The topological polar surface area (TPSA) is 111 Å². The van der Waals surface area contributed by atoms with Crippen LogP contribution in [0.4, 0.5) is 17.5 Å². The lowest BCUT2D eigenvalue weighted by Crippen LogP contribution is -2.38. The van der Waals surface area contributed by atoms with Gasteiger partial charge >= 0.3 is 0 Å². The number of amides is 1. The molecular weight excluding hydrogens is 366 g/mol. The molecule has 7 nitrogen and oxygen atoms in total. The van der Waals surface area contributed by atoms with Crippen LogP contribution in [0.15, 0.2) is 59.4 Å². The number of nitrogens with zero attached hydrogens (tertiary/aromatic N) is 2. The van der Waals surface area contributed by atoms with Crippen LogP contribution in [0.3, 0.4) is 0 Å². The number of aromatic nitrogens is 2. The number of carbonyl (C=O) groups excluding carboxylic acids is 1. The van der Waals surface area contributed by atoms with Crippen molar-refractivity contribution >= 4 is 23.4 Å². The maximum Gasteiger partial charge on any atom is 0.258 e. The lowest BCUT2D eigenvalue weighted by atomic mass is 9.79. The average molecular weight is 385 g/mol. The summed E-state index contributed by atoms with van der Waals surface area (Å²) in [5.41, 5.74) is 2.52. The molecule has 1 aromatic heterocycles. The van der Waals surface area contributed by atoms with Crippen LogP contribution in [0, 0.1) is 17.2 Å². The van der Waals surface area contributed by atoms with Crippen molar-refractivity contribution < 1.29 is 4.79 Å². The van der Waals surface area contributed by atoms with E-state index in [4.69, 9.17) is 0 Å². The largest absolute Gasteiger partial charge is 0.326 e. The number of aromatic amines is 1. The Morgan fingerprint density at radius 2 is 1.83 bits per heavy atom. The maximum atomic E-state index is 13.0. The number of anilines is 3. The Morgan fingerprint density at radius 1 is 1.10 bits per heavy atom. The summed E-state index contributed by atoms with van der Waals surface area (Å²) < 4.78 is 0. The molecule has 0 saturated carbocycles. The summed E-state index contributed by atoms with van der Waals surface area (Å²) in [7, 11) is 0. The Morgan fingerprint density at radius 3 is 2.48 bits per heavy atom. The SMILES string of the molecule is CCc1ccc([C@@H]2c3c(nc(Nc4ccccc4)[nH]c3=O)NC(=O)[C@H]2C#N)cc1. The van der Waals surface area contributed by atoms with Crippen molar-refractivity contribution in [1.29, 1.82) is 5.26 Å². The monoisotopic (exact) mass is 385 g/mol. The van der Waals surface area contributed by atoms with Crippen molar-refractivity contribution in [3.05, 3.63) is 81.6 Å². The van der Waals surface area contributed by atoms with Crippen molar-refractivity contribution in [1.82, 2.24) is 9.97 Å². The zero-order chi connectivity index (χ0) is 20.4. The van der Waals surface area contributed by atoms with Crippen LogP contribution in [0.25, 0.3) is 0 Å². The van der Waals surface area contributed by atoms with E-state index in [2.05, 4.69) is 20.6 Å². The number of aryl methyl sites for hydroxylation is 1. The lowest BCUT2D eigenvalue weighted by Gasteiger charge is -2.28. The van der Waals surface area contributed by atoms with Gasteiger partial charge in [-0.05, 0) is 29.7 Å². The molecule has 7 heteroatoms. The van der Waals surface area contributed by atoms with E-state index in [1.165, 1.54) is 0 Å². The van der Waals surface area contributed by atoms with Crippen LogP contribution in [0.2, 0.25) is 0 Å². The highest BCUT2D eigenvalue weighted by molar-refractivity contribution is 5.98. The Balaban J connectivity index is 1.80. The molecule has 0 bridgehead atoms. The van der Waals surface area contributed by atoms with E-state index in [0.29, 0.717) is 5.56 Å². The number of hydrogen-bond acceptors (Lipinski definition) is 5. The molecule has 3 N–H and O–H groups in total. The second-order valence-corrected chi connectivity index (χ2v) is 6.84. The molecule has 0 unspecified atom stereocenters. The first-order valence-electron chi connectivity index (χ1n) is 9.36. The van der Waals surface area contributed by atoms with Crippen molar-refractivity contribution in [3.8, 4) is 6.07 Å². The molecule has 144 valence electrons. The molecule has 2 heterocycles. The molecule has 0 radical (unpaired) electrons. The molecule has 0 fully saturated rings. The van der Waals surface area contributed by atoms with Gasteiger partial charge in [0.1, 0.15) is 11.7 Å². The van der Waals surface area contributed by atoms with Crippen LogP contribution < -0.4 is 16.2 Å². The lowest BCUT2D eigenvalue weighted by molar-refractivity contribution is -0.119. The first kappa shape index (κ1) is 18.4. The molecule has 0 saturated heterocycles. The Kier molecular flexibility index (Phi) is 4.83. The molecule has 3 aromatic rings. The minimum Gasteiger partial charge on any atom is -0.326 e. The van der Waals surface area contributed by atoms with Gasteiger partial charge in [-0.25, -0.2) is 0 Å². The quantitative estimate of drug-likeness (QED) is 0.638. The van der Waals surface area contributed by atoms with Gasteiger partial charge in [-0.15, -0.1) is 0 Å². The summed E-state index contributed by atoms with van der Waals surface area (Å²) in [6, 6.07) is 18.9. The van der Waals surface area contributed by atoms with Gasteiger partial charge in [0, 0.05) is 11.6 Å². The fraction of sp³-hybridized carbons (Fsp3) is 0.182. The van der Waals surface area contributed by atoms with Crippen LogP contribution >= 0.6 is 0 Å². The van der Waals surface area contributed by atoms with Crippen molar-refractivity contribution in [3.63, 3.8) is 0 Å². The van der Waals surface area contributed by atoms with Gasteiger partial charge in [-0.1, -0.05) is 49.4 Å². The smallest absolute Gasteiger partial charge is 0.258 e. The minimum absolute atomic E-state index is 0.174. The molecule has 1 aliphatic rings. The van der Waals surface area contributed by atoms with E-state index in [1.54, 1.807) is 0 Å². The molecule has 1 aliphatic heterocycles. The highest BCUT2D eigenvalue weighted by Gasteiger charge is 2.40. The van der Waals surface area contributed by atoms with E-state index in [0.717, 1.165) is 23.2 Å². The zero-order valence-electron chi connectivity index (χ0n) is 15.8. The summed E-state index contributed by atoms with van der Waals surface area (Å²) in [6.45, 7) is 2.05. The van der Waals surface area contributed by atoms with Crippen LogP contribution in [0.5, 0.6) is 0 Å². The van der Waals surface area contributed by atoms with Crippen LogP contribution in [0.1, 0.15) is 29.5 Å². The second kappa shape index (κ2) is 7.60. The summed E-state index contributed by atoms with van der Waals surface area (Å²) >= 11 is 0. The molecular formula is C22H19N5O2. The molecule has 4 rings (SSSR count). The van der Waals surface area contributed by atoms with Crippen molar-refractivity contribution in [2.24, 2.45) is 5.92 Å². The summed E-state index contributed by atoms with van der Waals surface area (Å²) in [5, 5.41) is 15.2. The number of hydrogen-bond donors (Lipinski definition) is 3. The normalized spacial score (nSPS) is 17.7. The van der Waals surface area contributed by atoms with E-state index >= 15 is 0 Å². The predicted molar refractivity (Wildman–Crippen MR) is 110 cm³/mol. The van der Waals surface area contributed by atoms with Gasteiger partial charge in [0.25, 0.3) is 5.56 Å². The highest BCUT2D eigenvalue weighted by atomic mass is 16.2. The molecule has 2 atom stereocenters. The minimum atomic E-state index is -1.01. The number of nitriles is 1. The second-order valence-electron chi connectivity index (χ2n) is 6.84. The van der Waals surface area contributed by atoms with E-state index < -0.39 is 23.3 Å². The molecule has 0 spiro atoms. The van der Waals surface area contributed by atoms with E-state index in [9.17, 15) is 14.9 Å². The van der Waals surface area contributed by atoms with Gasteiger partial charge in [-0.2, -0.15) is 10.2 Å². The first-order chi connectivity index (χ1) is 14.1. The third kappa shape index (κ3) is 3.48. The molecule has 0 aliphatic carbocycles. The number of fused-ring (bicyclic) bond motifs is 1. The summed E-state index contributed by atoms with van der Waals surface area (Å²) in [4.78, 5) is 32.6. The number of benzene rings is 2. The summed E-state index contributed by atoms with van der Waals surface area (Å²) in [5.74, 6) is -1.76. The number of carbonyl (C=O) groups is 1. The van der Waals surface area contributed by atoms with E-state index in [1.807, 2.05) is 67.6 Å². The van der Waals surface area contributed by atoms with Gasteiger partial charge in [0.05, 0.1) is 11.6 Å². The fourth-order valence-electron chi connectivity index (χ4n) is 3.55. The van der Waals surface area contributed by atoms with Crippen LogP contribution in [-0.2, 0) is 11.2 Å².